The third kappa shape index (κ3) is 3.67. The van der Waals surface area contributed by atoms with Crippen molar-refractivity contribution in [2.75, 3.05) is 13.7 Å². The number of H-pyrrole nitrogens is 1. The van der Waals surface area contributed by atoms with E-state index in [1.165, 1.54) is 23.4 Å². The SMILES string of the molecule is CN(Cc1ncn[nH]1)C(=O)COc1ccc(F)cc1Cl. The van der Waals surface area contributed by atoms with Gasteiger partial charge in [-0.15, -0.1) is 0 Å². The van der Waals surface area contributed by atoms with E-state index >= 15 is 0 Å². The van der Waals surface area contributed by atoms with Gasteiger partial charge in [0.05, 0.1) is 11.6 Å². The van der Waals surface area contributed by atoms with Gasteiger partial charge in [0.2, 0.25) is 0 Å². The summed E-state index contributed by atoms with van der Waals surface area (Å²) in [5.74, 6) is 0.105. The first kappa shape index (κ1) is 14.3. The van der Waals surface area contributed by atoms with E-state index in [1.54, 1.807) is 7.05 Å². The predicted octanol–water partition coefficient (Wildman–Crippen LogP) is 1.63. The maximum atomic E-state index is 12.9. The highest BCUT2D eigenvalue weighted by molar-refractivity contribution is 6.32. The van der Waals surface area contributed by atoms with Gasteiger partial charge in [-0.25, -0.2) is 9.37 Å². The lowest BCUT2D eigenvalue weighted by Crippen LogP contribution is -2.31. The molecule has 0 bridgehead atoms. The minimum Gasteiger partial charge on any atom is -0.482 e. The maximum Gasteiger partial charge on any atom is 0.260 e. The quantitative estimate of drug-likeness (QED) is 0.911. The number of hydrogen-bond acceptors (Lipinski definition) is 4. The molecule has 0 aliphatic rings. The lowest BCUT2D eigenvalue weighted by Gasteiger charge is -2.16. The molecule has 1 N–H and O–H groups in total. The van der Waals surface area contributed by atoms with Crippen molar-refractivity contribution in [2.45, 2.75) is 6.54 Å². The van der Waals surface area contributed by atoms with Gasteiger partial charge in [0, 0.05) is 7.05 Å². The van der Waals surface area contributed by atoms with Crippen LogP contribution in [0.15, 0.2) is 24.5 Å². The average Bonchev–Trinajstić information content (AvgIpc) is 2.90. The second kappa shape index (κ2) is 6.33. The summed E-state index contributed by atoms with van der Waals surface area (Å²) in [4.78, 5) is 17.2. The third-order valence-electron chi connectivity index (χ3n) is 2.52. The minimum absolute atomic E-state index is 0.121. The second-order valence-corrected chi connectivity index (χ2v) is 4.45. The van der Waals surface area contributed by atoms with E-state index < -0.39 is 5.82 Å². The van der Waals surface area contributed by atoms with Crippen molar-refractivity contribution in [3.8, 4) is 5.75 Å². The number of carbonyl (C=O) groups is 1. The number of carbonyl (C=O) groups excluding carboxylic acids is 1. The van der Waals surface area contributed by atoms with Crippen LogP contribution >= 0.6 is 11.6 Å². The Morgan fingerprint density at radius 1 is 1.55 bits per heavy atom. The van der Waals surface area contributed by atoms with Crippen molar-refractivity contribution in [3.63, 3.8) is 0 Å². The summed E-state index contributed by atoms with van der Waals surface area (Å²) in [7, 11) is 1.61. The van der Waals surface area contributed by atoms with Crippen LogP contribution < -0.4 is 4.74 Å². The number of likely N-dealkylation sites (N-methyl/N-ethyl adjacent to an activating group) is 1. The summed E-state index contributed by atoms with van der Waals surface area (Å²) in [6, 6.07) is 3.71. The summed E-state index contributed by atoms with van der Waals surface area (Å²) >= 11 is 5.79. The van der Waals surface area contributed by atoms with Crippen LogP contribution in [-0.4, -0.2) is 39.6 Å². The van der Waals surface area contributed by atoms with E-state index in [2.05, 4.69) is 15.2 Å². The number of rotatable bonds is 5. The summed E-state index contributed by atoms with van der Waals surface area (Å²) in [5.41, 5.74) is 0. The molecule has 0 saturated heterocycles. The van der Waals surface area contributed by atoms with E-state index in [0.717, 1.165) is 6.07 Å². The summed E-state index contributed by atoms with van der Waals surface area (Å²) in [6.45, 7) is 0.0926. The van der Waals surface area contributed by atoms with Crippen molar-refractivity contribution in [2.24, 2.45) is 0 Å². The van der Waals surface area contributed by atoms with E-state index in [-0.39, 0.29) is 23.3 Å². The molecule has 0 unspecified atom stereocenters. The predicted molar refractivity (Wildman–Crippen MR) is 69.8 cm³/mol. The monoisotopic (exact) mass is 298 g/mol. The zero-order valence-corrected chi connectivity index (χ0v) is 11.4. The molecule has 1 aromatic carbocycles. The van der Waals surface area contributed by atoms with E-state index in [1.807, 2.05) is 0 Å². The third-order valence-corrected chi connectivity index (χ3v) is 2.82. The Labute approximate surface area is 119 Å². The zero-order chi connectivity index (χ0) is 14.5. The fraction of sp³-hybridized carbons (Fsp3) is 0.250. The molecule has 2 rings (SSSR count). The first-order chi connectivity index (χ1) is 9.56. The lowest BCUT2D eigenvalue weighted by atomic mass is 10.3. The number of ether oxygens (including phenoxy) is 1. The van der Waals surface area contributed by atoms with Crippen LogP contribution in [0.3, 0.4) is 0 Å². The van der Waals surface area contributed by atoms with E-state index in [9.17, 15) is 9.18 Å². The smallest absolute Gasteiger partial charge is 0.260 e. The van der Waals surface area contributed by atoms with Crippen molar-refractivity contribution in [1.29, 1.82) is 0 Å². The summed E-state index contributed by atoms with van der Waals surface area (Å²) in [6.07, 6.45) is 1.36. The number of nitrogens with one attached hydrogen (secondary N) is 1. The topological polar surface area (TPSA) is 71.1 Å². The van der Waals surface area contributed by atoms with Gasteiger partial charge in [-0.2, -0.15) is 5.10 Å². The molecule has 0 atom stereocenters. The molecule has 0 aliphatic heterocycles. The van der Waals surface area contributed by atoms with E-state index in [4.69, 9.17) is 16.3 Å². The maximum absolute atomic E-state index is 12.9. The standard InChI is InChI=1S/C12H12ClFN4O2/c1-18(5-11-15-7-16-17-11)12(19)6-20-10-3-2-8(14)4-9(10)13/h2-4,7H,5-6H2,1H3,(H,15,16,17). The summed E-state index contributed by atoms with van der Waals surface area (Å²) < 4.78 is 18.1. The zero-order valence-electron chi connectivity index (χ0n) is 10.6. The van der Waals surface area contributed by atoms with Crippen LogP contribution in [-0.2, 0) is 11.3 Å². The van der Waals surface area contributed by atoms with Gasteiger partial charge in [-0.3, -0.25) is 9.89 Å². The number of aromatic amines is 1. The number of amides is 1. The number of hydrogen-bond donors (Lipinski definition) is 1. The molecule has 1 heterocycles. The molecule has 20 heavy (non-hydrogen) atoms. The first-order valence-corrected chi connectivity index (χ1v) is 6.10. The largest absolute Gasteiger partial charge is 0.482 e. The van der Waals surface area contributed by atoms with Crippen molar-refractivity contribution < 1.29 is 13.9 Å². The van der Waals surface area contributed by atoms with Crippen LogP contribution in [0.5, 0.6) is 5.75 Å². The van der Waals surface area contributed by atoms with Gasteiger partial charge in [0.1, 0.15) is 23.7 Å². The van der Waals surface area contributed by atoms with Gasteiger partial charge in [-0.1, -0.05) is 11.6 Å². The van der Waals surface area contributed by atoms with Crippen molar-refractivity contribution >= 4 is 17.5 Å². The molecular formula is C12H12ClFN4O2. The number of halogens is 2. The molecule has 1 aromatic heterocycles. The van der Waals surface area contributed by atoms with Gasteiger partial charge >= 0.3 is 0 Å². The Hall–Kier alpha value is -2.15. The van der Waals surface area contributed by atoms with Crippen LogP contribution in [0.25, 0.3) is 0 Å². The first-order valence-electron chi connectivity index (χ1n) is 5.72. The Morgan fingerprint density at radius 2 is 2.35 bits per heavy atom. The van der Waals surface area contributed by atoms with Gasteiger partial charge in [-0.05, 0) is 18.2 Å². The molecule has 6 nitrogen and oxygen atoms in total. The fourth-order valence-corrected chi connectivity index (χ4v) is 1.68. The van der Waals surface area contributed by atoms with Crippen LogP contribution in [0.4, 0.5) is 4.39 Å². The molecule has 2 aromatic rings. The van der Waals surface area contributed by atoms with Crippen molar-refractivity contribution in [3.05, 3.63) is 41.2 Å². The normalized spacial score (nSPS) is 10.3. The fourth-order valence-electron chi connectivity index (χ4n) is 1.46. The van der Waals surface area contributed by atoms with Gasteiger partial charge in [0.15, 0.2) is 6.61 Å². The number of aromatic nitrogens is 3. The Morgan fingerprint density at radius 3 is 3.00 bits per heavy atom. The van der Waals surface area contributed by atoms with E-state index in [0.29, 0.717) is 12.4 Å². The molecule has 0 saturated carbocycles. The van der Waals surface area contributed by atoms with Gasteiger partial charge in [0.25, 0.3) is 5.91 Å². The number of nitrogens with zero attached hydrogens (tertiary/aromatic N) is 3. The van der Waals surface area contributed by atoms with Crippen molar-refractivity contribution in [1.82, 2.24) is 20.1 Å². The van der Waals surface area contributed by atoms with Gasteiger partial charge < -0.3 is 9.64 Å². The molecule has 0 radical (unpaired) electrons. The molecular weight excluding hydrogens is 287 g/mol. The summed E-state index contributed by atoms with van der Waals surface area (Å²) in [5, 5.41) is 6.46. The molecule has 0 spiro atoms. The van der Waals surface area contributed by atoms with Crippen LogP contribution in [0, 0.1) is 5.82 Å². The average molecular weight is 299 g/mol. The Balaban J connectivity index is 1.88. The molecule has 8 heteroatoms. The lowest BCUT2D eigenvalue weighted by molar-refractivity contribution is -0.132. The number of benzene rings is 1. The Bertz CT molecular complexity index is 591. The minimum atomic E-state index is -0.462. The molecule has 106 valence electrons. The second-order valence-electron chi connectivity index (χ2n) is 4.05. The molecule has 0 fully saturated rings. The highest BCUT2D eigenvalue weighted by Gasteiger charge is 2.12. The highest BCUT2D eigenvalue weighted by Crippen LogP contribution is 2.24. The van der Waals surface area contributed by atoms with Crippen LogP contribution in [0.2, 0.25) is 5.02 Å². The Kier molecular flexibility index (Phi) is 4.52. The molecule has 1 amide bonds. The van der Waals surface area contributed by atoms with Crippen LogP contribution in [0.1, 0.15) is 5.82 Å². The highest BCUT2D eigenvalue weighted by atomic mass is 35.5. The molecule has 0 aliphatic carbocycles.